The lowest BCUT2D eigenvalue weighted by atomic mass is 9.97. The first-order chi connectivity index (χ1) is 18.2. The van der Waals surface area contributed by atoms with Gasteiger partial charge in [-0.2, -0.15) is 0 Å². The van der Waals surface area contributed by atoms with Crippen LogP contribution in [0.3, 0.4) is 0 Å². The van der Waals surface area contributed by atoms with Crippen molar-refractivity contribution in [3.05, 3.63) is 75.8 Å². The number of rotatable bonds is 8. The monoisotopic (exact) mass is 666 g/mol. The maximum atomic E-state index is 13.8. The van der Waals surface area contributed by atoms with E-state index >= 15 is 0 Å². The molecule has 38 heavy (non-hydrogen) atoms. The highest BCUT2D eigenvalue weighted by Crippen LogP contribution is 2.42. The Morgan fingerprint density at radius 3 is 2.47 bits per heavy atom. The van der Waals surface area contributed by atoms with Gasteiger partial charge in [-0.3, -0.25) is 9.36 Å². The number of thiazole rings is 1. The summed E-state index contributed by atoms with van der Waals surface area (Å²) in [4.78, 5) is 31.4. The van der Waals surface area contributed by atoms with Gasteiger partial charge in [-0.15, -0.1) is 0 Å². The molecule has 2 heterocycles. The zero-order chi connectivity index (χ0) is 27.6. The van der Waals surface area contributed by atoms with Gasteiger partial charge in [-0.25, -0.2) is 9.79 Å². The molecule has 0 unspecified atom stereocenters. The number of carbonyl (C=O) groups is 1. The van der Waals surface area contributed by atoms with Gasteiger partial charge >= 0.3 is 5.97 Å². The number of ether oxygens (including phenoxy) is 4. The fourth-order valence-corrected chi connectivity index (χ4v) is 5.80. The lowest BCUT2D eigenvalue weighted by Gasteiger charge is -2.23. The van der Waals surface area contributed by atoms with Gasteiger partial charge in [0.1, 0.15) is 0 Å². The molecule has 2 aromatic carbocycles. The third-order valence-corrected chi connectivity index (χ3v) is 8.84. The van der Waals surface area contributed by atoms with Crippen molar-refractivity contribution in [1.29, 1.82) is 0 Å². The molecule has 9 nitrogen and oxygen atoms in total. The predicted octanol–water partition coefficient (Wildman–Crippen LogP) is 4.05. The van der Waals surface area contributed by atoms with E-state index < -0.39 is 12.0 Å². The number of methoxy groups -OCH3 is 2. The van der Waals surface area contributed by atoms with Crippen molar-refractivity contribution >= 4 is 55.2 Å². The minimum Gasteiger partial charge on any atom is -0.503 e. The zero-order valence-electron chi connectivity index (χ0n) is 20.9. The van der Waals surface area contributed by atoms with Crippen molar-refractivity contribution in [3.8, 4) is 23.0 Å². The molecular weight excluding hydrogens is 644 g/mol. The van der Waals surface area contributed by atoms with E-state index in [1.807, 2.05) is 13.8 Å². The van der Waals surface area contributed by atoms with Gasteiger partial charge in [-0.05, 0) is 81.1 Å². The summed E-state index contributed by atoms with van der Waals surface area (Å²) in [5, 5.41) is 10.3. The van der Waals surface area contributed by atoms with Crippen LogP contribution in [-0.2, 0) is 9.53 Å². The van der Waals surface area contributed by atoms with E-state index in [1.54, 1.807) is 30.3 Å². The Balaban J connectivity index is 1.94. The highest BCUT2D eigenvalue weighted by Gasteiger charge is 2.31. The van der Waals surface area contributed by atoms with Gasteiger partial charge in [-0.1, -0.05) is 17.4 Å². The molecule has 0 amide bonds. The van der Waals surface area contributed by atoms with E-state index in [4.69, 9.17) is 18.9 Å². The molecular formula is C26H24Br2N2O7S. The first kappa shape index (κ1) is 27.9. The maximum absolute atomic E-state index is 13.8. The fourth-order valence-electron chi connectivity index (χ4n) is 4.00. The number of nitrogens with zero attached hydrogens (tertiary/aromatic N) is 2. The Kier molecular flexibility index (Phi) is 8.64. The van der Waals surface area contributed by atoms with Crippen LogP contribution in [0.5, 0.6) is 23.0 Å². The average molecular weight is 668 g/mol. The summed E-state index contributed by atoms with van der Waals surface area (Å²) in [7, 11) is 2.72. The largest absolute Gasteiger partial charge is 0.503 e. The summed E-state index contributed by atoms with van der Waals surface area (Å²) < 4.78 is 24.5. The molecule has 1 atom stereocenters. The molecule has 0 fully saturated rings. The van der Waals surface area contributed by atoms with E-state index in [2.05, 4.69) is 36.9 Å². The molecule has 200 valence electrons. The van der Waals surface area contributed by atoms with Crippen molar-refractivity contribution in [2.45, 2.75) is 19.9 Å². The number of halogens is 2. The molecule has 0 aliphatic carbocycles. The SMILES string of the molecule is CCOc1ccc([C@@H]2C(C(=O)OC)=CN=c3s/c(=C\c4cc(OC)c(O)c(Br)c4Br)c(=O)n32)cc1OCC. The highest BCUT2D eigenvalue weighted by atomic mass is 79.9. The van der Waals surface area contributed by atoms with Crippen molar-refractivity contribution in [2.75, 3.05) is 27.4 Å². The molecule has 1 aliphatic rings. The van der Waals surface area contributed by atoms with Crippen molar-refractivity contribution in [3.63, 3.8) is 0 Å². The first-order valence-corrected chi connectivity index (χ1v) is 13.9. The second-order valence-corrected chi connectivity index (χ2v) is 10.5. The quantitative estimate of drug-likeness (QED) is 0.361. The normalized spacial score (nSPS) is 14.8. The number of aromatic hydroxyl groups is 1. The molecule has 3 aromatic rings. The Hall–Kier alpha value is -3.09. The van der Waals surface area contributed by atoms with E-state index in [-0.39, 0.29) is 22.6 Å². The molecule has 12 heteroatoms. The molecule has 0 saturated carbocycles. The number of benzene rings is 2. The Bertz CT molecular complexity index is 1610. The third kappa shape index (κ3) is 5.12. The molecule has 0 radical (unpaired) electrons. The van der Waals surface area contributed by atoms with E-state index in [1.165, 1.54) is 36.3 Å². The molecule has 0 spiro atoms. The number of phenols is 1. The van der Waals surface area contributed by atoms with Gasteiger partial charge in [0.15, 0.2) is 27.8 Å². The van der Waals surface area contributed by atoms with Crippen LogP contribution in [0.1, 0.15) is 31.0 Å². The van der Waals surface area contributed by atoms with Crippen LogP contribution in [0, 0.1) is 0 Å². The van der Waals surface area contributed by atoms with Crippen LogP contribution in [0.15, 0.2) is 54.8 Å². The number of esters is 1. The highest BCUT2D eigenvalue weighted by molar-refractivity contribution is 9.13. The van der Waals surface area contributed by atoms with Crippen molar-refractivity contribution in [1.82, 2.24) is 4.57 Å². The maximum Gasteiger partial charge on any atom is 0.337 e. The predicted molar refractivity (Wildman–Crippen MR) is 150 cm³/mol. The van der Waals surface area contributed by atoms with Crippen LogP contribution in [0.4, 0.5) is 0 Å². The van der Waals surface area contributed by atoms with Crippen LogP contribution in [0.2, 0.25) is 0 Å². The number of hydrogen-bond acceptors (Lipinski definition) is 9. The smallest absolute Gasteiger partial charge is 0.337 e. The molecule has 1 aliphatic heterocycles. The first-order valence-electron chi connectivity index (χ1n) is 11.5. The molecule has 1 N–H and O–H groups in total. The fraction of sp³-hybridized carbons (Fsp3) is 0.269. The molecule has 1 aromatic heterocycles. The average Bonchev–Trinajstić information content (AvgIpc) is 3.24. The number of hydrogen-bond donors (Lipinski definition) is 1. The lowest BCUT2D eigenvalue weighted by Crippen LogP contribution is -2.39. The van der Waals surface area contributed by atoms with Crippen molar-refractivity contribution in [2.24, 2.45) is 4.99 Å². The standard InChI is InChI=1S/C26H24Br2N2O7S/c1-5-36-16-8-7-13(9-17(16)37-6-2)22-15(25(33)35-4)12-29-26-30(22)24(32)19(38-26)11-14-10-18(34-3)23(31)21(28)20(14)27/h7-12,22,31H,5-6H2,1-4H3/b19-11-/t22-/m1/s1. The van der Waals surface area contributed by atoms with Crippen LogP contribution in [0.25, 0.3) is 6.08 Å². The van der Waals surface area contributed by atoms with Gasteiger partial charge in [0.25, 0.3) is 5.56 Å². The number of fused-ring (bicyclic) bond motifs is 1. The zero-order valence-corrected chi connectivity index (χ0v) is 24.9. The summed E-state index contributed by atoms with van der Waals surface area (Å²) in [6, 6.07) is 6.11. The Morgan fingerprint density at radius 1 is 1.11 bits per heavy atom. The summed E-state index contributed by atoms with van der Waals surface area (Å²) >= 11 is 7.97. The number of phenolic OH excluding ortho intramolecular Hbond substituents is 1. The summed E-state index contributed by atoms with van der Waals surface area (Å²) in [6.45, 7) is 4.60. The summed E-state index contributed by atoms with van der Waals surface area (Å²) in [5.41, 5.74) is 1.08. The third-order valence-electron chi connectivity index (χ3n) is 5.69. The van der Waals surface area contributed by atoms with Crippen LogP contribution in [-0.4, -0.2) is 43.1 Å². The topological polar surface area (TPSA) is 109 Å². The minimum atomic E-state index is -0.805. The second kappa shape index (κ2) is 11.7. The van der Waals surface area contributed by atoms with Crippen LogP contribution >= 0.6 is 43.2 Å². The van der Waals surface area contributed by atoms with Gasteiger partial charge in [0.2, 0.25) is 0 Å². The van der Waals surface area contributed by atoms with E-state index in [0.29, 0.717) is 54.1 Å². The minimum absolute atomic E-state index is 0.0682. The van der Waals surface area contributed by atoms with Gasteiger partial charge in [0, 0.05) is 10.7 Å². The summed E-state index contributed by atoms with van der Waals surface area (Å²) in [5.74, 6) is 0.630. The van der Waals surface area contributed by atoms with Crippen molar-refractivity contribution < 1.29 is 28.8 Å². The van der Waals surface area contributed by atoms with Gasteiger partial charge in [0.05, 0.1) is 48.1 Å². The van der Waals surface area contributed by atoms with Gasteiger partial charge < -0.3 is 24.1 Å². The molecule has 0 saturated heterocycles. The van der Waals surface area contributed by atoms with E-state index in [9.17, 15) is 14.7 Å². The second-order valence-electron chi connectivity index (χ2n) is 7.89. The Labute approximate surface area is 238 Å². The number of aromatic nitrogens is 1. The number of carbonyl (C=O) groups excluding carboxylic acids is 1. The summed E-state index contributed by atoms with van der Waals surface area (Å²) in [6.07, 6.45) is 3.10. The van der Waals surface area contributed by atoms with E-state index in [0.717, 1.165) is 0 Å². The lowest BCUT2D eigenvalue weighted by molar-refractivity contribution is -0.136. The van der Waals surface area contributed by atoms with Crippen LogP contribution < -0.4 is 29.1 Å². The molecule has 4 rings (SSSR count). The molecule has 0 bridgehead atoms. The Morgan fingerprint density at radius 2 is 1.82 bits per heavy atom.